The molecule has 2 aromatic rings. The normalized spacial score (nSPS) is 10.6. The smallest absolute Gasteiger partial charge is 0.238 e. The first kappa shape index (κ1) is 14.6. The molecule has 7 nitrogen and oxygen atoms in total. The molecule has 0 aliphatic heterocycles. The first-order valence-electron chi connectivity index (χ1n) is 5.87. The molecular weight excluding hydrogens is 290 g/mol. The van der Waals surface area contributed by atoms with Crippen molar-refractivity contribution in [1.29, 1.82) is 10.5 Å². The van der Waals surface area contributed by atoms with Gasteiger partial charge in [-0.2, -0.15) is 15.6 Å². The lowest BCUT2D eigenvalue weighted by Crippen LogP contribution is -2.18. The second-order valence-electron chi connectivity index (χ2n) is 4.27. The fraction of sp³-hybridized carbons (Fsp3) is 0.154. The minimum Gasteiger partial charge on any atom is -0.266 e. The number of nitriles is 2. The molecule has 0 bridgehead atoms. The van der Waals surface area contributed by atoms with E-state index in [0.29, 0.717) is 11.1 Å². The van der Waals surface area contributed by atoms with Gasteiger partial charge in [-0.3, -0.25) is 9.40 Å². The lowest BCUT2D eigenvalue weighted by molar-refractivity contribution is 0.599. The average Bonchev–Trinajstić information content (AvgIpc) is 2.79. The first-order chi connectivity index (χ1) is 9.96. The summed E-state index contributed by atoms with van der Waals surface area (Å²) >= 11 is 0. The van der Waals surface area contributed by atoms with Crippen molar-refractivity contribution in [2.45, 2.75) is 5.75 Å². The molecule has 0 fully saturated rings. The summed E-state index contributed by atoms with van der Waals surface area (Å²) < 4.78 is 28.0. The summed E-state index contributed by atoms with van der Waals surface area (Å²) in [5.74, 6) is -0.251. The molecule has 8 heteroatoms. The van der Waals surface area contributed by atoms with Crippen LogP contribution < -0.4 is 4.72 Å². The number of sulfonamides is 1. The number of aromatic nitrogens is 2. The highest BCUT2D eigenvalue weighted by Gasteiger charge is 2.18. The van der Waals surface area contributed by atoms with E-state index in [1.54, 1.807) is 24.3 Å². The van der Waals surface area contributed by atoms with E-state index < -0.39 is 10.0 Å². The Bertz CT molecular complexity index is 855. The molecule has 0 amide bonds. The minimum atomic E-state index is -3.76. The minimum absolute atomic E-state index is 0.104. The van der Waals surface area contributed by atoms with Crippen LogP contribution in [0, 0.1) is 22.7 Å². The van der Waals surface area contributed by atoms with Gasteiger partial charge in [0, 0.05) is 7.05 Å². The van der Waals surface area contributed by atoms with Crippen molar-refractivity contribution in [2.24, 2.45) is 7.05 Å². The zero-order valence-electron chi connectivity index (χ0n) is 11.1. The highest BCUT2D eigenvalue weighted by atomic mass is 32.2. The zero-order chi connectivity index (χ0) is 15.5. The number of benzene rings is 1. The van der Waals surface area contributed by atoms with Gasteiger partial charge in [0.1, 0.15) is 11.6 Å². The van der Waals surface area contributed by atoms with Crippen LogP contribution in [0.3, 0.4) is 0 Å². The number of anilines is 1. The van der Waals surface area contributed by atoms with Crippen LogP contribution in [0.4, 0.5) is 5.82 Å². The van der Waals surface area contributed by atoms with Gasteiger partial charge in [-0.15, -0.1) is 0 Å². The Hall–Kier alpha value is -2.84. The number of hydrogen-bond acceptors (Lipinski definition) is 5. The molecule has 0 atom stereocenters. The molecule has 0 saturated carbocycles. The Morgan fingerprint density at radius 1 is 1.24 bits per heavy atom. The molecule has 21 heavy (non-hydrogen) atoms. The van der Waals surface area contributed by atoms with E-state index in [1.807, 2.05) is 12.1 Å². The fourth-order valence-corrected chi connectivity index (χ4v) is 3.05. The summed E-state index contributed by atoms with van der Waals surface area (Å²) in [5, 5.41) is 21.7. The molecule has 1 N–H and O–H groups in total. The topological polar surface area (TPSA) is 112 Å². The van der Waals surface area contributed by atoms with Gasteiger partial charge >= 0.3 is 0 Å². The molecule has 0 spiro atoms. The van der Waals surface area contributed by atoms with Crippen LogP contribution in [-0.2, 0) is 22.8 Å². The Morgan fingerprint density at radius 2 is 1.90 bits per heavy atom. The molecule has 1 aromatic carbocycles. The van der Waals surface area contributed by atoms with Gasteiger partial charge in [0.15, 0.2) is 5.82 Å². The fourth-order valence-electron chi connectivity index (χ4n) is 1.78. The largest absolute Gasteiger partial charge is 0.266 e. The molecular formula is C13H11N5O2S. The van der Waals surface area contributed by atoms with E-state index in [-0.39, 0.29) is 17.1 Å². The highest BCUT2D eigenvalue weighted by molar-refractivity contribution is 7.91. The molecule has 106 valence electrons. The molecule has 2 rings (SSSR count). The van der Waals surface area contributed by atoms with Crippen LogP contribution in [0.5, 0.6) is 0 Å². The standard InChI is InChI=1S/C13H11N5O2S/c1-18-13(12(7-15)8-16-18)17-21(19,20)9-11-5-3-2-4-10(11)6-14/h2-5,8,17H,9H2,1H3. The van der Waals surface area contributed by atoms with Gasteiger partial charge in [-0.05, 0) is 11.6 Å². The summed E-state index contributed by atoms with van der Waals surface area (Å²) in [6.07, 6.45) is 1.28. The lowest BCUT2D eigenvalue weighted by Gasteiger charge is -2.09. The van der Waals surface area contributed by atoms with Gasteiger partial charge in [0.25, 0.3) is 0 Å². The van der Waals surface area contributed by atoms with E-state index in [9.17, 15) is 8.42 Å². The summed E-state index contributed by atoms with van der Waals surface area (Å²) in [7, 11) is -2.23. The SMILES string of the molecule is Cn1ncc(C#N)c1NS(=O)(=O)Cc1ccccc1C#N. The third-order valence-electron chi connectivity index (χ3n) is 2.79. The number of nitrogens with zero attached hydrogens (tertiary/aromatic N) is 4. The predicted molar refractivity (Wildman–Crippen MR) is 75.3 cm³/mol. The van der Waals surface area contributed by atoms with Crippen molar-refractivity contribution in [3.63, 3.8) is 0 Å². The quantitative estimate of drug-likeness (QED) is 0.909. The molecule has 0 saturated heterocycles. The molecule has 0 radical (unpaired) electrons. The maximum atomic E-state index is 12.2. The summed E-state index contributed by atoms with van der Waals surface area (Å²) in [4.78, 5) is 0. The predicted octanol–water partition coefficient (Wildman–Crippen LogP) is 1.11. The van der Waals surface area contributed by atoms with E-state index in [1.165, 1.54) is 17.9 Å². The molecule has 0 aliphatic rings. The third kappa shape index (κ3) is 3.19. The summed E-state index contributed by atoms with van der Waals surface area (Å²) in [6, 6.07) is 10.3. The molecule has 0 aliphatic carbocycles. The maximum absolute atomic E-state index is 12.2. The van der Waals surface area contributed by atoms with Crippen LogP contribution in [0.2, 0.25) is 0 Å². The van der Waals surface area contributed by atoms with Gasteiger partial charge < -0.3 is 0 Å². The van der Waals surface area contributed by atoms with E-state index >= 15 is 0 Å². The number of rotatable bonds is 4. The van der Waals surface area contributed by atoms with Gasteiger partial charge in [-0.1, -0.05) is 18.2 Å². The van der Waals surface area contributed by atoms with Gasteiger partial charge in [0.05, 0.1) is 23.6 Å². The number of aryl methyl sites for hydroxylation is 1. The Labute approximate surface area is 122 Å². The second-order valence-corrected chi connectivity index (χ2v) is 5.99. The van der Waals surface area contributed by atoms with Gasteiger partial charge in [-0.25, -0.2) is 8.42 Å². The van der Waals surface area contributed by atoms with Crippen LogP contribution in [0.15, 0.2) is 30.5 Å². The average molecular weight is 301 g/mol. The van der Waals surface area contributed by atoms with Crippen LogP contribution in [0.25, 0.3) is 0 Å². The maximum Gasteiger partial charge on any atom is 0.238 e. The van der Waals surface area contributed by atoms with Crippen molar-refractivity contribution in [3.8, 4) is 12.1 Å². The Morgan fingerprint density at radius 3 is 2.57 bits per heavy atom. The van der Waals surface area contributed by atoms with Crippen molar-refractivity contribution >= 4 is 15.8 Å². The Balaban J connectivity index is 2.30. The van der Waals surface area contributed by atoms with Crippen molar-refractivity contribution in [3.05, 3.63) is 47.2 Å². The summed E-state index contributed by atoms with van der Waals surface area (Å²) in [5.41, 5.74) is 0.830. The Kier molecular flexibility index (Phi) is 3.92. The first-order valence-corrected chi connectivity index (χ1v) is 7.52. The van der Waals surface area contributed by atoms with E-state index in [4.69, 9.17) is 10.5 Å². The monoisotopic (exact) mass is 301 g/mol. The number of hydrogen-bond donors (Lipinski definition) is 1. The molecule has 1 heterocycles. The van der Waals surface area contributed by atoms with E-state index in [0.717, 1.165) is 0 Å². The van der Waals surface area contributed by atoms with Crippen molar-refractivity contribution in [2.75, 3.05) is 4.72 Å². The van der Waals surface area contributed by atoms with Crippen LogP contribution >= 0.6 is 0 Å². The third-order valence-corrected chi connectivity index (χ3v) is 3.99. The molecule has 1 aromatic heterocycles. The second kappa shape index (κ2) is 5.65. The summed E-state index contributed by atoms with van der Waals surface area (Å²) in [6.45, 7) is 0. The van der Waals surface area contributed by atoms with Crippen LogP contribution in [0.1, 0.15) is 16.7 Å². The highest BCUT2D eigenvalue weighted by Crippen LogP contribution is 2.17. The van der Waals surface area contributed by atoms with E-state index in [2.05, 4.69) is 9.82 Å². The lowest BCUT2D eigenvalue weighted by atomic mass is 10.1. The van der Waals surface area contributed by atoms with Crippen molar-refractivity contribution < 1.29 is 8.42 Å². The van der Waals surface area contributed by atoms with Crippen molar-refractivity contribution in [1.82, 2.24) is 9.78 Å². The number of nitrogens with one attached hydrogen (secondary N) is 1. The van der Waals surface area contributed by atoms with Crippen LogP contribution in [-0.4, -0.2) is 18.2 Å². The zero-order valence-corrected chi connectivity index (χ0v) is 11.9. The molecule has 0 unspecified atom stereocenters. The van der Waals surface area contributed by atoms with Gasteiger partial charge in [0.2, 0.25) is 10.0 Å².